The number of benzene rings is 2. The predicted molar refractivity (Wildman–Crippen MR) is 103 cm³/mol. The number of aryl methyl sites for hydroxylation is 1. The summed E-state index contributed by atoms with van der Waals surface area (Å²) in [7, 11) is 6.07. The molecule has 0 heterocycles. The second-order valence-electron chi connectivity index (χ2n) is 6.24. The summed E-state index contributed by atoms with van der Waals surface area (Å²) in [6.45, 7) is 3.66. The van der Waals surface area contributed by atoms with Crippen molar-refractivity contribution in [2.45, 2.75) is 19.9 Å². The number of nitrogens with zero attached hydrogens (tertiary/aromatic N) is 1. The number of rotatable bonds is 7. The lowest BCUT2D eigenvalue weighted by Crippen LogP contribution is -2.40. The molecular weight excluding hydrogens is 346 g/mol. The van der Waals surface area contributed by atoms with Crippen LogP contribution in [-0.2, 0) is 0 Å². The highest BCUT2D eigenvalue weighted by atomic mass is 16.5. The Morgan fingerprint density at radius 2 is 1.41 bits per heavy atom. The Morgan fingerprint density at radius 1 is 0.889 bits per heavy atom. The lowest BCUT2D eigenvalue weighted by atomic mass is 10.0. The maximum atomic E-state index is 12.9. The van der Waals surface area contributed by atoms with Crippen LogP contribution in [0.25, 0.3) is 0 Å². The summed E-state index contributed by atoms with van der Waals surface area (Å²) < 4.78 is 15.9. The zero-order valence-corrected chi connectivity index (χ0v) is 16.5. The smallest absolute Gasteiger partial charge is 0.254 e. The number of carbonyl (C=O) groups excluding carboxylic acids is 2. The maximum absolute atomic E-state index is 12.9. The van der Waals surface area contributed by atoms with Crippen LogP contribution in [0.4, 0.5) is 0 Å². The summed E-state index contributed by atoms with van der Waals surface area (Å²) in [6, 6.07) is 9.81. The molecule has 144 valence electrons. The van der Waals surface area contributed by atoms with E-state index in [0.29, 0.717) is 28.4 Å². The molecule has 27 heavy (non-hydrogen) atoms. The fourth-order valence-corrected chi connectivity index (χ4v) is 2.72. The van der Waals surface area contributed by atoms with Gasteiger partial charge in [-0.1, -0.05) is 29.8 Å². The third-order valence-corrected chi connectivity index (χ3v) is 4.53. The number of ketones is 1. The highest BCUT2D eigenvalue weighted by Gasteiger charge is 2.26. The Labute approximate surface area is 159 Å². The second kappa shape index (κ2) is 8.58. The molecule has 2 rings (SSSR count). The van der Waals surface area contributed by atoms with Gasteiger partial charge < -0.3 is 19.1 Å². The van der Waals surface area contributed by atoms with Crippen LogP contribution >= 0.6 is 0 Å². The summed E-state index contributed by atoms with van der Waals surface area (Å²) >= 11 is 0. The summed E-state index contributed by atoms with van der Waals surface area (Å²) in [5, 5.41) is 0. The maximum Gasteiger partial charge on any atom is 0.254 e. The van der Waals surface area contributed by atoms with Crippen molar-refractivity contribution in [2.24, 2.45) is 0 Å². The molecule has 6 nitrogen and oxygen atoms in total. The van der Waals surface area contributed by atoms with Crippen molar-refractivity contribution in [2.75, 3.05) is 28.4 Å². The van der Waals surface area contributed by atoms with Gasteiger partial charge in [0.2, 0.25) is 5.75 Å². The number of ether oxygens (including phenoxy) is 3. The molecule has 0 radical (unpaired) electrons. The number of likely N-dealkylation sites (N-methyl/N-ethyl adjacent to an activating group) is 1. The molecule has 6 heteroatoms. The molecule has 0 spiro atoms. The molecule has 0 N–H and O–H groups in total. The van der Waals surface area contributed by atoms with E-state index in [0.717, 1.165) is 5.56 Å². The summed E-state index contributed by atoms with van der Waals surface area (Å²) in [4.78, 5) is 27.1. The van der Waals surface area contributed by atoms with Gasteiger partial charge in [-0.3, -0.25) is 9.59 Å². The first kappa shape index (κ1) is 20.3. The van der Waals surface area contributed by atoms with Crippen molar-refractivity contribution in [3.05, 3.63) is 53.1 Å². The highest BCUT2D eigenvalue weighted by Crippen LogP contribution is 2.38. The van der Waals surface area contributed by atoms with Crippen LogP contribution in [0.15, 0.2) is 36.4 Å². The normalized spacial score (nSPS) is 11.5. The largest absolute Gasteiger partial charge is 0.493 e. The number of carbonyl (C=O) groups is 2. The number of amides is 1. The number of hydrogen-bond donors (Lipinski definition) is 0. The molecule has 2 aromatic rings. The summed E-state index contributed by atoms with van der Waals surface area (Å²) in [5.74, 6) is 0.723. The fourth-order valence-electron chi connectivity index (χ4n) is 2.72. The predicted octanol–water partition coefficient (Wildman–Crippen LogP) is 3.36. The van der Waals surface area contributed by atoms with E-state index < -0.39 is 6.04 Å². The van der Waals surface area contributed by atoms with Gasteiger partial charge in [0.25, 0.3) is 5.91 Å². The average Bonchev–Trinajstić information content (AvgIpc) is 2.70. The van der Waals surface area contributed by atoms with Crippen molar-refractivity contribution in [1.82, 2.24) is 4.90 Å². The van der Waals surface area contributed by atoms with E-state index in [-0.39, 0.29) is 11.7 Å². The second-order valence-corrected chi connectivity index (χ2v) is 6.24. The number of methoxy groups -OCH3 is 3. The zero-order chi connectivity index (χ0) is 20.1. The third kappa shape index (κ3) is 4.22. The van der Waals surface area contributed by atoms with E-state index in [4.69, 9.17) is 14.2 Å². The lowest BCUT2D eigenvalue weighted by Gasteiger charge is -2.25. The van der Waals surface area contributed by atoms with Gasteiger partial charge >= 0.3 is 0 Å². The molecule has 0 aromatic heterocycles. The minimum Gasteiger partial charge on any atom is -0.493 e. The van der Waals surface area contributed by atoms with Crippen LogP contribution < -0.4 is 14.2 Å². The van der Waals surface area contributed by atoms with Crippen molar-refractivity contribution in [3.8, 4) is 17.2 Å². The van der Waals surface area contributed by atoms with E-state index >= 15 is 0 Å². The Kier molecular flexibility index (Phi) is 6.45. The minimum atomic E-state index is -0.626. The lowest BCUT2D eigenvalue weighted by molar-refractivity contribution is 0.0674. The molecule has 0 aliphatic rings. The van der Waals surface area contributed by atoms with Crippen molar-refractivity contribution in [1.29, 1.82) is 0 Å². The van der Waals surface area contributed by atoms with E-state index in [9.17, 15) is 9.59 Å². The zero-order valence-electron chi connectivity index (χ0n) is 16.5. The van der Waals surface area contributed by atoms with E-state index in [1.165, 1.54) is 26.2 Å². The monoisotopic (exact) mass is 371 g/mol. The molecule has 0 fully saturated rings. The molecule has 0 saturated heterocycles. The highest BCUT2D eigenvalue weighted by molar-refractivity contribution is 6.04. The van der Waals surface area contributed by atoms with Crippen LogP contribution in [0, 0.1) is 6.92 Å². The minimum absolute atomic E-state index is 0.127. The molecular formula is C21H25NO5. The molecule has 2 aromatic carbocycles. The van der Waals surface area contributed by atoms with Crippen LogP contribution in [0.3, 0.4) is 0 Å². The standard InChI is InChI=1S/C21H25NO5/c1-13-7-9-15(10-8-13)19(23)14(2)22(3)21(24)16-11-17(25-4)20(27-6)18(12-16)26-5/h7-12,14H,1-6H3. The SMILES string of the molecule is COc1cc(C(=O)N(C)C(C)C(=O)c2ccc(C)cc2)cc(OC)c1OC. The van der Waals surface area contributed by atoms with Crippen molar-refractivity contribution < 1.29 is 23.8 Å². The first-order valence-electron chi connectivity index (χ1n) is 8.52. The molecule has 1 amide bonds. The van der Waals surface area contributed by atoms with Gasteiger partial charge in [-0.25, -0.2) is 0 Å². The van der Waals surface area contributed by atoms with Crippen LogP contribution in [-0.4, -0.2) is 51.0 Å². The first-order chi connectivity index (χ1) is 12.8. The van der Waals surface area contributed by atoms with Gasteiger partial charge in [0.15, 0.2) is 17.3 Å². The van der Waals surface area contributed by atoms with Crippen LogP contribution in [0.1, 0.15) is 33.2 Å². The Balaban J connectivity index is 2.30. The number of hydrogen-bond acceptors (Lipinski definition) is 5. The Hall–Kier alpha value is -3.02. The fraction of sp³-hybridized carbons (Fsp3) is 0.333. The van der Waals surface area contributed by atoms with Gasteiger partial charge in [-0.2, -0.15) is 0 Å². The number of Topliss-reactive ketones (excluding diaryl/α,β-unsaturated/α-hetero) is 1. The molecule has 1 unspecified atom stereocenters. The average molecular weight is 371 g/mol. The van der Waals surface area contributed by atoms with Gasteiger partial charge in [-0.15, -0.1) is 0 Å². The van der Waals surface area contributed by atoms with E-state index in [2.05, 4.69) is 0 Å². The Morgan fingerprint density at radius 3 is 1.85 bits per heavy atom. The first-order valence-corrected chi connectivity index (χ1v) is 8.52. The molecule has 0 aliphatic carbocycles. The van der Waals surface area contributed by atoms with Crippen LogP contribution in [0.2, 0.25) is 0 Å². The molecule has 0 bridgehead atoms. The van der Waals surface area contributed by atoms with Gasteiger partial charge in [-0.05, 0) is 26.0 Å². The summed E-state index contributed by atoms with van der Waals surface area (Å²) in [6.07, 6.45) is 0. The van der Waals surface area contributed by atoms with Crippen LogP contribution in [0.5, 0.6) is 17.2 Å². The van der Waals surface area contributed by atoms with E-state index in [1.807, 2.05) is 19.1 Å². The Bertz CT molecular complexity index is 804. The molecule has 1 atom stereocenters. The van der Waals surface area contributed by atoms with Gasteiger partial charge in [0.05, 0.1) is 27.4 Å². The topological polar surface area (TPSA) is 65.1 Å². The van der Waals surface area contributed by atoms with Crippen molar-refractivity contribution >= 4 is 11.7 Å². The van der Waals surface area contributed by atoms with E-state index in [1.54, 1.807) is 38.2 Å². The summed E-state index contributed by atoms with van der Waals surface area (Å²) in [5.41, 5.74) is 1.98. The van der Waals surface area contributed by atoms with Crippen molar-refractivity contribution in [3.63, 3.8) is 0 Å². The molecule has 0 saturated carbocycles. The molecule has 0 aliphatic heterocycles. The van der Waals surface area contributed by atoms with Gasteiger partial charge in [0.1, 0.15) is 0 Å². The quantitative estimate of drug-likeness (QED) is 0.698. The van der Waals surface area contributed by atoms with Gasteiger partial charge in [0, 0.05) is 18.2 Å². The third-order valence-electron chi connectivity index (χ3n) is 4.53.